The maximum atomic E-state index is 10.2. The summed E-state index contributed by atoms with van der Waals surface area (Å²) in [7, 11) is 0. The summed E-state index contributed by atoms with van der Waals surface area (Å²) in [4.78, 5) is 10.2. The second-order valence-corrected chi connectivity index (χ2v) is 3.44. The molecule has 0 aromatic heterocycles. The van der Waals surface area contributed by atoms with Gasteiger partial charge in [0.15, 0.2) is 0 Å². The van der Waals surface area contributed by atoms with Gasteiger partial charge in [-0.1, -0.05) is 12.1 Å². The highest BCUT2D eigenvalue weighted by atomic mass is 35.5. The molecule has 0 amide bonds. The summed E-state index contributed by atoms with van der Waals surface area (Å²) in [5, 5.41) is 8.95. The van der Waals surface area contributed by atoms with Gasteiger partial charge < -0.3 is 9.90 Å². The van der Waals surface area contributed by atoms with Crippen molar-refractivity contribution >= 4 is 17.9 Å². The zero-order chi connectivity index (χ0) is 9.84. The van der Waals surface area contributed by atoms with E-state index >= 15 is 0 Å². The first kappa shape index (κ1) is 10.1. The third-order valence-corrected chi connectivity index (χ3v) is 2.32. The largest absolute Gasteiger partial charge is 0.508 e. The minimum absolute atomic E-state index is 0.249. The molecule has 0 unspecified atom stereocenters. The van der Waals surface area contributed by atoms with Crippen LogP contribution in [0.15, 0.2) is 18.2 Å². The molecule has 2 nitrogen and oxygen atoms in total. The van der Waals surface area contributed by atoms with Crippen LogP contribution in [0.3, 0.4) is 0 Å². The SMILES string of the molecule is Cc1cc([C@@H](Cl)CC=O)ccc1O. The molecule has 0 fully saturated rings. The third-order valence-electron chi connectivity index (χ3n) is 1.89. The van der Waals surface area contributed by atoms with Gasteiger partial charge in [0.1, 0.15) is 12.0 Å². The van der Waals surface area contributed by atoms with Crippen molar-refractivity contribution in [1.29, 1.82) is 0 Å². The van der Waals surface area contributed by atoms with Crippen LogP contribution >= 0.6 is 11.6 Å². The predicted octanol–water partition coefficient (Wildman–Crippen LogP) is 2.57. The van der Waals surface area contributed by atoms with E-state index in [9.17, 15) is 9.90 Å². The third kappa shape index (κ3) is 2.46. The number of hydrogen-bond donors (Lipinski definition) is 1. The van der Waals surface area contributed by atoms with E-state index in [1.54, 1.807) is 25.1 Å². The van der Waals surface area contributed by atoms with Crippen LogP contribution < -0.4 is 0 Å². The minimum atomic E-state index is -0.295. The van der Waals surface area contributed by atoms with E-state index < -0.39 is 0 Å². The molecule has 1 N–H and O–H groups in total. The maximum absolute atomic E-state index is 10.2. The van der Waals surface area contributed by atoms with Gasteiger partial charge in [0, 0.05) is 6.42 Å². The number of hydrogen-bond acceptors (Lipinski definition) is 2. The fraction of sp³-hybridized carbons (Fsp3) is 0.300. The fourth-order valence-corrected chi connectivity index (χ4v) is 1.30. The van der Waals surface area contributed by atoms with Gasteiger partial charge in [0.25, 0.3) is 0 Å². The second kappa shape index (κ2) is 4.28. The van der Waals surface area contributed by atoms with Crippen molar-refractivity contribution in [1.82, 2.24) is 0 Å². The molecular formula is C10H11ClO2. The molecular weight excluding hydrogens is 188 g/mol. The number of phenols is 1. The molecule has 0 saturated carbocycles. The van der Waals surface area contributed by atoms with E-state index in [0.717, 1.165) is 17.4 Å². The molecule has 0 heterocycles. The van der Waals surface area contributed by atoms with E-state index in [1.165, 1.54) is 0 Å². The lowest BCUT2D eigenvalue weighted by molar-refractivity contribution is -0.107. The lowest BCUT2D eigenvalue weighted by Crippen LogP contribution is -1.91. The smallest absolute Gasteiger partial charge is 0.121 e. The van der Waals surface area contributed by atoms with E-state index in [4.69, 9.17) is 11.6 Å². The minimum Gasteiger partial charge on any atom is -0.508 e. The summed E-state index contributed by atoms with van der Waals surface area (Å²) in [6, 6.07) is 5.10. The van der Waals surface area contributed by atoms with Crippen LogP contribution in [0, 0.1) is 6.92 Å². The molecule has 3 heteroatoms. The summed E-state index contributed by atoms with van der Waals surface area (Å²) >= 11 is 5.92. The van der Waals surface area contributed by atoms with Crippen LogP contribution in [0.2, 0.25) is 0 Å². The Kier molecular flexibility index (Phi) is 3.32. The van der Waals surface area contributed by atoms with Crippen molar-refractivity contribution in [3.05, 3.63) is 29.3 Å². The van der Waals surface area contributed by atoms with Crippen molar-refractivity contribution in [2.45, 2.75) is 18.7 Å². The lowest BCUT2D eigenvalue weighted by Gasteiger charge is -2.07. The van der Waals surface area contributed by atoms with E-state index in [2.05, 4.69) is 0 Å². The van der Waals surface area contributed by atoms with Crippen LogP contribution in [0.4, 0.5) is 0 Å². The molecule has 1 aromatic rings. The second-order valence-electron chi connectivity index (χ2n) is 2.92. The Balaban J connectivity index is 2.89. The number of aromatic hydroxyl groups is 1. The van der Waals surface area contributed by atoms with Gasteiger partial charge in [-0.25, -0.2) is 0 Å². The highest BCUT2D eigenvalue weighted by Crippen LogP contribution is 2.27. The summed E-state index contributed by atoms with van der Waals surface area (Å²) in [5.74, 6) is 0.249. The highest BCUT2D eigenvalue weighted by Gasteiger charge is 2.07. The molecule has 0 spiro atoms. The molecule has 1 rings (SSSR count). The Morgan fingerprint density at radius 2 is 2.31 bits per heavy atom. The highest BCUT2D eigenvalue weighted by molar-refractivity contribution is 6.21. The Hall–Kier alpha value is -1.02. The normalized spacial score (nSPS) is 12.5. The molecule has 0 aliphatic carbocycles. The van der Waals surface area contributed by atoms with Gasteiger partial charge in [-0.05, 0) is 24.1 Å². The zero-order valence-electron chi connectivity index (χ0n) is 7.33. The lowest BCUT2D eigenvalue weighted by atomic mass is 10.1. The molecule has 70 valence electrons. The van der Waals surface area contributed by atoms with Gasteiger partial charge in [-0.15, -0.1) is 11.6 Å². The summed E-state index contributed by atoms with van der Waals surface area (Å²) in [5.41, 5.74) is 1.64. The number of carbonyl (C=O) groups is 1. The molecule has 0 saturated heterocycles. The zero-order valence-corrected chi connectivity index (χ0v) is 8.08. The van der Waals surface area contributed by atoms with Gasteiger partial charge >= 0.3 is 0 Å². The Bertz CT molecular complexity index is 310. The van der Waals surface area contributed by atoms with Gasteiger partial charge in [0.2, 0.25) is 0 Å². The molecule has 0 aliphatic heterocycles. The topological polar surface area (TPSA) is 37.3 Å². The Morgan fingerprint density at radius 1 is 1.62 bits per heavy atom. The Morgan fingerprint density at radius 3 is 2.85 bits per heavy atom. The van der Waals surface area contributed by atoms with Crippen LogP contribution in [-0.2, 0) is 4.79 Å². The van der Waals surface area contributed by atoms with E-state index in [1.807, 2.05) is 0 Å². The van der Waals surface area contributed by atoms with Crippen molar-refractivity contribution in [2.24, 2.45) is 0 Å². The number of aryl methyl sites for hydroxylation is 1. The van der Waals surface area contributed by atoms with Crippen LogP contribution in [0.25, 0.3) is 0 Å². The summed E-state index contributed by atoms with van der Waals surface area (Å²) in [6.45, 7) is 1.79. The van der Waals surface area contributed by atoms with Gasteiger partial charge in [0.05, 0.1) is 5.38 Å². The van der Waals surface area contributed by atoms with Gasteiger partial charge in [-0.3, -0.25) is 0 Å². The number of carbonyl (C=O) groups excluding carboxylic acids is 1. The average molecular weight is 199 g/mol. The van der Waals surface area contributed by atoms with E-state index in [0.29, 0.717) is 6.42 Å². The number of alkyl halides is 1. The standard InChI is InChI=1S/C10H11ClO2/c1-7-6-8(2-3-10(7)13)9(11)4-5-12/h2-3,5-6,9,13H,4H2,1H3/t9-/m0/s1. The first-order chi connectivity index (χ1) is 6.15. The average Bonchev–Trinajstić information content (AvgIpc) is 2.10. The maximum Gasteiger partial charge on any atom is 0.121 e. The number of rotatable bonds is 3. The quantitative estimate of drug-likeness (QED) is 0.599. The first-order valence-electron chi connectivity index (χ1n) is 4.02. The predicted molar refractivity (Wildman–Crippen MR) is 52.1 cm³/mol. The summed E-state index contributed by atoms with van der Waals surface area (Å²) < 4.78 is 0. The fourth-order valence-electron chi connectivity index (χ4n) is 1.09. The van der Waals surface area contributed by atoms with Crippen molar-refractivity contribution < 1.29 is 9.90 Å². The molecule has 0 bridgehead atoms. The monoisotopic (exact) mass is 198 g/mol. The van der Waals surface area contributed by atoms with Crippen LogP contribution in [0.1, 0.15) is 22.9 Å². The van der Waals surface area contributed by atoms with Crippen molar-refractivity contribution in [2.75, 3.05) is 0 Å². The molecule has 1 aromatic carbocycles. The summed E-state index contributed by atoms with van der Waals surface area (Å²) in [6.07, 6.45) is 1.09. The number of halogens is 1. The number of phenolic OH excluding ortho intramolecular Hbond substituents is 1. The molecule has 1 atom stereocenters. The molecule has 0 aliphatic rings. The van der Waals surface area contributed by atoms with Gasteiger partial charge in [-0.2, -0.15) is 0 Å². The number of aldehydes is 1. The molecule has 13 heavy (non-hydrogen) atoms. The molecule has 0 radical (unpaired) electrons. The van der Waals surface area contributed by atoms with Crippen LogP contribution in [0.5, 0.6) is 5.75 Å². The van der Waals surface area contributed by atoms with Crippen molar-refractivity contribution in [3.63, 3.8) is 0 Å². The first-order valence-corrected chi connectivity index (χ1v) is 4.46. The Labute approximate surface area is 82.2 Å². The van der Waals surface area contributed by atoms with Crippen LogP contribution in [-0.4, -0.2) is 11.4 Å². The number of benzene rings is 1. The van der Waals surface area contributed by atoms with Crippen molar-refractivity contribution in [3.8, 4) is 5.75 Å². The van der Waals surface area contributed by atoms with E-state index in [-0.39, 0.29) is 11.1 Å².